The van der Waals surface area contributed by atoms with E-state index < -0.39 is 27.8 Å². The standard InChI is InChI=1S/C27H27FN2O6S/c28-24-9-11-25(12-10-24)37(33,34)29-26(31)23-8-4-7-21(16-23)15-22-17-30(13-14-35-18-22)27(32)36-19-20-5-2-1-3-6-20/h1-12,16,22H,13-15,17-19H2,(H,29,31)/t22-/m1/s1. The van der Waals surface area contributed by atoms with Crippen LogP contribution in [0.1, 0.15) is 21.5 Å². The summed E-state index contributed by atoms with van der Waals surface area (Å²) in [7, 11) is -4.16. The van der Waals surface area contributed by atoms with Crippen molar-refractivity contribution in [3.05, 3.63) is 101 Å². The van der Waals surface area contributed by atoms with Crippen molar-refractivity contribution in [1.82, 2.24) is 9.62 Å². The molecule has 8 nitrogen and oxygen atoms in total. The zero-order valence-electron chi connectivity index (χ0n) is 20.0. The smallest absolute Gasteiger partial charge is 0.410 e. The van der Waals surface area contributed by atoms with Crippen molar-refractivity contribution in [3.63, 3.8) is 0 Å². The lowest BCUT2D eigenvalue weighted by atomic mass is 9.98. The maximum Gasteiger partial charge on any atom is 0.410 e. The van der Waals surface area contributed by atoms with Gasteiger partial charge in [0.1, 0.15) is 12.4 Å². The van der Waals surface area contributed by atoms with Gasteiger partial charge >= 0.3 is 6.09 Å². The summed E-state index contributed by atoms with van der Waals surface area (Å²) < 4.78 is 51.3. The van der Waals surface area contributed by atoms with Crippen molar-refractivity contribution in [3.8, 4) is 0 Å². The Hall–Kier alpha value is -3.76. The summed E-state index contributed by atoms with van der Waals surface area (Å²) in [4.78, 5) is 26.7. The summed E-state index contributed by atoms with van der Waals surface area (Å²) in [5.41, 5.74) is 1.85. The molecule has 0 unspecified atom stereocenters. The van der Waals surface area contributed by atoms with E-state index in [0.717, 1.165) is 35.4 Å². The second-order valence-electron chi connectivity index (χ2n) is 8.72. The quantitative estimate of drug-likeness (QED) is 0.503. The van der Waals surface area contributed by atoms with Crippen molar-refractivity contribution < 1.29 is 31.9 Å². The van der Waals surface area contributed by atoms with Gasteiger partial charge in [-0.25, -0.2) is 22.3 Å². The lowest BCUT2D eigenvalue weighted by molar-refractivity contribution is 0.0914. The SMILES string of the molecule is O=C(NS(=O)(=O)c1ccc(F)cc1)c1cccc(C[C@H]2COCCN(C(=O)OCc3ccccc3)C2)c1. The van der Waals surface area contributed by atoms with Crippen molar-refractivity contribution >= 4 is 22.0 Å². The second-order valence-corrected chi connectivity index (χ2v) is 10.4. The van der Waals surface area contributed by atoms with Crippen molar-refractivity contribution in [1.29, 1.82) is 0 Å². The topological polar surface area (TPSA) is 102 Å². The van der Waals surface area contributed by atoms with E-state index >= 15 is 0 Å². The molecule has 3 aromatic carbocycles. The Bertz CT molecular complexity index is 1330. The van der Waals surface area contributed by atoms with Gasteiger partial charge in [0.05, 0.1) is 18.1 Å². The van der Waals surface area contributed by atoms with Crippen LogP contribution < -0.4 is 4.72 Å². The third-order valence-corrected chi connectivity index (χ3v) is 7.21. The average Bonchev–Trinajstić information content (AvgIpc) is 3.14. The summed E-state index contributed by atoms with van der Waals surface area (Å²) in [5.74, 6) is -1.43. The minimum atomic E-state index is -4.16. The van der Waals surface area contributed by atoms with Gasteiger partial charge < -0.3 is 14.4 Å². The summed E-state index contributed by atoms with van der Waals surface area (Å²) in [6.07, 6.45) is 0.0902. The average molecular weight is 527 g/mol. The number of carbonyl (C=O) groups excluding carboxylic acids is 2. The molecule has 10 heteroatoms. The van der Waals surface area contributed by atoms with E-state index in [9.17, 15) is 22.4 Å². The molecule has 194 valence electrons. The number of ether oxygens (including phenoxy) is 2. The van der Waals surface area contributed by atoms with Crippen molar-refractivity contribution in [2.75, 3.05) is 26.3 Å². The fourth-order valence-electron chi connectivity index (χ4n) is 4.01. The number of hydrogen-bond donors (Lipinski definition) is 1. The molecule has 1 aliphatic rings. The molecule has 1 aliphatic heterocycles. The first-order valence-corrected chi connectivity index (χ1v) is 13.2. The van der Waals surface area contributed by atoms with Crippen LogP contribution in [0.2, 0.25) is 0 Å². The Balaban J connectivity index is 1.37. The molecule has 0 radical (unpaired) electrons. The fourth-order valence-corrected chi connectivity index (χ4v) is 4.98. The number of carbonyl (C=O) groups is 2. The van der Waals surface area contributed by atoms with E-state index in [4.69, 9.17) is 9.47 Å². The molecule has 0 spiro atoms. The lowest BCUT2D eigenvalue weighted by Gasteiger charge is -2.23. The van der Waals surface area contributed by atoms with Gasteiger partial charge in [0.15, 0.2) is 0 Å². The molecule has 1 atom stereocenters. The Morgan fingerprint density at radius 2 is 1.73 bits per heavy atom. The van der Waals surface area contributed by atoms with E-state index in [-0.39, 0.29) is 23.0 Å². The second kappa shape index (κ2) is 12.0. The number of amides is 2. The molecule has 0 saturated carbocycles. The van der Waals surface area contributed by atoms with E-state index in [1.165, 1.54) is 6.07 Å². The molecule has 0 aliphatic carbocycles. The van der Waals surface area contributed by atoms with Gasteiger partial charge in [0.2, 0.25) is 0 Å². The number of benzene rings is 3. The molecule has 4 rings (SSSR count). The molecule has 37 heavy (non-hydrogen) atoms. The van der Waals surface area contributed by atoms with Crippen LogP contribution in [0, 0.1) is 11.7 Å². The number of hydrogen-bond acceptors (Lipinski definition) is 6. The van der Waals surface area contributed by atoms with E-state index in [0.29, 0.717) is 32.7 Å². The highest BCUT2D eigenvalue weighted by molar-refractivity contribution is 7.90. The van der Waals surface area contributed by atoms with E-state index in [1.807, 2.05) is 41.1 Å². The number of sulfonamides is 1. The third-order valence-electron chi connectivity index (χ3n) is 5.87. The monoisotopic (exact) mass is 526 g/mol. The van der Waals surface area contributed by atoms with Crippen molar-refractivity contribution in [2.24, 2.45) is 5.92 Å². The van der Waals surface area contributed by atoms with Crippen LogP contribution in [0.4, 0.5) is 9.18 Å². The molecular formula is C27H27FN2O6S. The minimum Gasteiger partial charge on any atom is -0.445 e. The number of halogens is 1. The molecule has 1 saturated heterocycles. The summed E-state index contributed by atoms with van der Waals surface area (Å²) in [6.45, 7) is 1.83. The lowest BCUT2D eigenvalue weighted by Crippen LogP contribution is -2.36. The first-order valence-electron chi connectivity index (χ1n) is 11.8. The fraction of sp³-hybridized carbons (Fsp3) is 0.259. The number of rotatable bonds is 7. The van der Waals surface area contributed by atoms with Crippen LogP contribution >= 0.6 is 0 Å². The zero-order valence-corrected chi connectivity index (χ0v) is 20.8. The Labute approximate surface area is 215 Å². The van der Waals surface area contributed by atoms with Gasteiger partial charge in [-0.05, 0) is 53.9 Å². The highest BCUT2D eigenvalue weighted by Gasteiger charge is 2.25. The normalized spacial score (nSPS) is 16.0. The molecule has 0 aromatic heterocycles. The van der Waals surface area contributed by atoms with Crippen LogP contribution in [-0.2, 0) is 32.5 Å². The highest BCUT2D eigenvalue weighted by Crippen LogP contribution is 2.17. The largest absolute Gasteiger partial charge is 0.445 e. The molecule has 1 fully saturated rings. The van der Waals surface area contributed by atoms with Crippen LogP contribution in [0.3, 0.4) is 0 Å². The van der Waals surface area contributed by atoms with Gasteiger partial charge in [-0.2, -0.15) is 0 Å². The van der Waals surface area contributed by atoms with Crippen molar-refractivity contribution in [2.45, 2.75) is 17.9 Å². The highest BCUT2D eigenvalue weighted by atomic mass is 32.2. The maximum absolute atomic E-state index is 13.1. The molecule has 1 heterocycles. The molecule has 3 aromatic rings. The van der Waals surface area contributed by atoms with Gasteiger partial charge in [0, 0.05) is 24.6 Å². The molecule has 0 bridgehead atoms. The Morgan fingerprint density at radius 3 is 2.49 bits per heavy atom. The first-order chi connectivity index (χ1) is 17.8. The van der Waals surface area contributed by atoms with Crippen LogP contribution in [-0.4, -0.2) is 51.6 Å². The van der Waals surface area contributed by atoms with Crippen LogP contribution in [0.15, 0.2) is 83.8 Å². The van der Waals surface area contributed by atoms with Gasteiger partial charge in [0.25, 0.3) is 15.9 Å². The number of nitrogens with one attached hydrogen (secondary N) is 1. The minimum absolute atomic E-state index is 0.0481. The molecule has 2 amide bonds. The van der Waals surface area contributed by atoms with Gasteiger partial charge in [-0.3, -0.25) is 4.79 Å². The number of nitrogens with zero attached hydrogens (tertiary/aromatic N) is 1. The van der Waals surface area contributed by atoms with Gasteiger partial charge in [-0.15, -0.1) is 0 Å². The molecular weight excluding hydrogens is 499 g/mol. The van der Waals surface area contributed by atoms with Crippen LogP contribution in [0.25, 0.3) is 0 Å². The Morgan fingerprint density at radius 1 is 1.00 bits per heavy atom. The maximum atomic E-state index is 13.1. The Kier molecular flexibility index (Phi) is 8.52. The molecule has 1 N–H and O–H groups in total. The predicted octanol–water partition coefficient (Wildman–Crippen LogP) is 3.77. The van der Waals surface area contributed by atoms with E-state index in [1.54, 1.807) is 17.0 Å². The summed E-state index contributed by atoms with van der Waals surface area (Å²) in [5, 5.41) is 0. The van der Waals surface area contributed by atoms with Crippen LogP contribution in [0.5, 0.6) is 0 Å². The van der Waals surface area contributed by atoms with E-state index in [2.05, 4.69) is 0 Å². The predicted molar refractivity (Wildman–Crippen MR) is 134 cm³/mol. The third kappa shape index (κ3) is 7.37. The van der Waals surface area contributed by atoms with Gasteiger partial charge in [-0.1, -0.05) is 42.5 Å². The summed E-state index contributed by atoms with van der Waals surface area (Å²) >= 11 is 0. The first kappa shape index (κ1) is 26.3. The summed E-state index contributed by atoms with van der Waals surface area (Å²) in [6, 6.07) is 20.2. The zero-order chi connectivity index (χ0) is 26.3.